The highest BCUT2D eigenvalue weighted by atomic mass is 35.5. The van der Waals surface area contributed by atoms with Crippen molar-refractivity contribution in [3.8, 4) is 0 Å². The Kier molecular flexibility index (Phi) is 4.84. The first-order valence-electron chi connectivity index (χ1n) is 6.40. The van der Waals surface area contributed by atoms with Crippen molar-refractivity contribution in [1.82, 2.24) is 5.32 Å². The Balaban J connectivity index is 1.77. The van der Waals surface area contributed by atoms with Crippen LogP contribution in [0.1, 0.15) is 37.4 Å². The summed E-state index contributed by atoms with van der Waals surface area (Å²) < 4.78 is 0. The SMILES string of the molecule is OC(CNCC1CCCC1)c1ccccc1Cl. The molecule has 3 heteroatoms. The monoisotopic (exact) mass is 253 g/mol. The van der Waals surface area contributed by atoms with E-state index in [1.165, 1.54) is 25.7 Å². The van der Waals surface area contributed by atoms with Crippen molar-refractivity contribution in [3.63, 3.8) is 0 Å². The van der Waals surface area contributed by atoms with E-state index in [1.807, 2.05) is 24.3 Å². The number of benzene rings is 1. The van der Waals surface area contributed by atoms with Crippen molar-refractivity contribution < 1.29 is 5.11 Å². The van der Waals surface area contributed by atoms with E-state index in [1.54, 1.807) is 0 Å². The summed E-state index contributed by atoms with van der Waals surface area (Å²) in [5.74, 6) is 0.799. The molecule has 2 nitrogen and oxygen atoms in total. The van der Waals surface area contributed by atoms with Gasteiger partial charge in [0.15, 0.2) is 0 Å². The highest BCUT2D eigenvalue weighted by Crippen LogP contribution is 2.24. The maximum atomic E-state index is 10.0. The van der Waals surface area contributed by atoms with Crippen LogP contribution in [-0.4, -0.2) is 18.2 Å². The third kappa shape index (κ3) is 3.70. The highest BCUT2D eigenvalue weighted by molar-refractivity contribution is 6.31. The molecule has 0 bridgehead atoms. The van der Waals surface area contributed by atoms with E-state index in [0.717, 1.165) is 18.0 Å². The largest absolute Gasteiger partial charge is 0.387 e. The van der Waals surface area contributed by atoms with E-state index in [9.17, 15) is 5.11 Å². The van der Waals surface area contributed by atoms with Crippen LogP contribution >= 0.6 is 11.6 Å². The molecule has 0 saturated heterocycles. The van der Waals surface area contributed by atoms with E-state index in [-0.39, 0.29) is 0 Å². The van der Waals surface area contributed by atoms with Crippen molar-refractivity contribution >= 4 is 11.6 Å². The molecule has 0 amide bonds. The Morgan fingerprint density at radius 3 is 2.71 bits per heavy atom. The number of aliphatic hydroxyl groups is 1. The molecule has 0 aliphatic heterocycles. The van der Waals surface area contributed by atoms with Crippen molar-refractivity contribution in [2.24, 2.45) is 5.92 Å². The van der Waals surface area contributed by atoms with Crippen molar-refractivity contribution in [3.05, 3.63) is 34.9 Å². The van der Waals surface area contributed by atoms with E-state index in [2.05, 4.69) is 5.32 Å². The Hall–Kier alpha value is -0.570. The molecule has 94 valence electrons. The normalized spacial score (nSPS) is 18.5. The minimum atomic E-state index is -0.509. The first-order valence-corrected chi connectivity index (χ1v) is 6.78. The molecule has 1 aliphatic carbocycles. The molecule has 1 fully saturated rings. The molecule has 2 N–H and O–H groups in total. The van der Waals surface area contributed by atoms with Crippen molar-refractivity contribution in [1.29, 1.82) is 0 Å². The summed E-state index contributed by atoms with van der Waals surface area (Å²) >= 11 is 6.04. The molecule has 1 unspecified atom stereocenters. The van der Waals surface area contributed by atoms with Crippen LogP contribution in [0.4, 0.5) is 0 Å². The quantitative estimate of drug-likeness (QED) is 0.845. The summed E-state index contributed by atoms with van der Waals surface area (Å²) in [5, 5.41) is 14.0. The topological polar surface area (TPSA) is 32.3 Å². The average molecular weight is 254 g/mol. The molecule has 0 heterocycles. The number of nitrogens with one attached hydrogen (secondary N) is 1. The third-order valence-electron chi connectivity index (χ3n) is 3.51. The fraction of sp³-hybridized carbons (Fsp3) is 0.571. The van der Waals surface area contributed by atoms with E-state index in [4.69, 9.17) is 11.6 Å². The fourth-order valence-electron chi connectivity index (χ4n) is 2.49. The lowest BCUT2D eigenvalue weighted by atomic mass is 10.1. The van der Waals surface area contributed by atoms with Gasteiger partial charge in [-0.1, -0.05) is 42.6 Å². The number of rotatable bonds is 5. The minimum absolute atomic E-state index is 0.509. The lowest BCUT2D eigenvalue weighted by Gasteiger charge is -2.15. The van der Waals surface area contributed by atoms with Gasteiger partial charge in [0.2, 0.25) is 0 Å². The summed E-state index contributed by atoms with van der Waals surface area (Å²) in [5.41, 5.74) is 0.813. The molecule has 17 heavy (non-hydrogen) atoms. The van der Waals surface area contributed by atoms with E-state index >= 15 is 0 Å². The van der Waals surface area contributed by atoms with Crippen LogP contribution in [0, 0.1) is 5.92 Å². The van der Waals surface area contributed by atoms with Crippen LogP contribution in [0.15, 0.2) is 24.3 Å². The molecule has 1 saturated carbocycles. The highest BCUT2D eigenvalue weighted by Gasteiger charge is 2.15. The van der Waals surface area contributed by atoms with Crippen LogP contribution < -0.4 is 5.32 Å². The lowest BCUT2D eigenvalue weighted by molar-refractivity contribution is 0.173. The Morgan fingerprint density at radius 2 is 2.00 bits per heavy atom. The molecule has 0 aromatic heterocycles. The first kappa shape index (κ1) is 12.9. The maximum absolute atomic E-state index is 10.0. The third-order valence-corrected chi connectivity index (χ3v) is 3.85. The van der Waals surface area contributed by atoms with Crippen LogP contribution in [0.2, 0.25) is 5.02 Å². The predicted octanol–water partition coefficient (Wildman–Crippen LogP) is 3.15. The van der Waals surface area contributed by atoms with E-state index in [0.29, 0.717) is 11.6 Å². The molecule has 1 aliphatic rings. The second-order valence-corrected chi connectivity index (χ2v) is 5.25. The maximum Gasteiger partial charge on any atom is 0.0928 e. The zero-order valence-corrected chi connectivity index (χ0v) is 10.8. The summed E-state index contributed by atoms with van der Waals surface area (Å²) in [7, 11) is 0. The van der Waals surface area contributed by atoms with Crippen LogP contribution in [-0.2, 0) is 0 Å². The van der Waals surface area contributed by atoms with Gasteiger partial charge < -0.3 is 10.4 Å². The molecule has 1 atom stereocenters. The van der Waals surface area contributed by atoms with Crippen LogP contribution in [0.25, 0.3) is 0 Å². The number of aliphatic hydroxyl groups excluding tert-OH is 1. The second-order valence-electron chi connectivity index (χ2n) is 4.85. The summed E-state index contributed by atoms with van der Waals surface area (Å²) in [6, 6.07) is 7.48. The van der Waals surface area contributed by atoms with E-state index < -0.39 is 6.10 Å². The van der Waals surface area contributed by atoms with Gasteiger partial charge in [0.05, 0.1) is 6.10 Å². The molecule has 1 aromatic carbocycles. The Bertz CT molecular complexity index is 350. The van der Waals surface area contributed by atoms with Gasteiger partial charge in [0.25, 0.3) is 0 Å². The van der Waals surface area contributed by atoms with Gasteiger partial charge in [0, 0.05) is 17.1 Å². The molecule has 1 aromatic rings. The van der Waals surface area contributed by atoms with Gasteiger partial charge in [-0.2, -0.15) is 0 Å². The molecule has 0 radical (unpaired) electrons. The average Bonchev–Trinajstić information content (AvgIpc) is 2.82. The van der Waals surface area contributed by atoms with Gasteiger partial charge in [-0.15, -0.1) is 0 Å². The van der Waals surface area contributed by atoms with Crippen LogP contribution in [0.5, 0.6) is 0 Å². The summed E-state index contributed by atoms with van der Waals surface area (Å²) in [4.78, 5) is 0. The summed E-state index contributed by atoms with van der Waals surface area (Å²) in [6.45, 7) is 1.60. The molecular formula is C14H20ClNO. The van der Waals surface area contributed by atoms with Crippen LogP contribution in [0.3, 0.4) is 0 Å². The van der Waals surface area contributed by atoms with Gasteiger partial charge in [-0.05, 0) is 31.4 Å². The molecule has 0 spiro atoms. The van der Waals surface area contributed by atoms with Gasteiger partial charge in [-0.25, -0.2) is 0 Å². The minimum Gasteiger partial charge on any atom is -0.387 e. The summed E-state index contributed by atoms with van der Waals surface area (Å²) in [6.07, 6.45) is 4.87. The van der Waals surface area contributed by atoms with Crippen molar-refractivity contribution in [2.75, 3.05) is 13.1 Å². The fourth-order valence-corrected chi connectivity index (χ4v) is 2.76. The number of hydrogen-bond donors (Lipinski definition) is 2. The second kappa shape index (κ2) is 6.39. The Morgan fingerprint density at radius 1 is 1.29 bits per heavy atom. The number of hydrogen-bond acceptors (Lipinski definition) is 2. The zero-order valence-electron chi connectivity index (χ0n) is 10.0. The van der Waals surface area contributed by atoms with Crippen molar-refractivity contribution in [2.45, 2.75) is 31.8 Å². The standard InChI is InChI=1S/C14H20ClNO/c15-13-8-4-3-7-12(13)14(17)10-16-9-11-5-1-2-6-11/h3-4,7-8,11,14,16-17H,1-2,5-6,9-10H2. The van der Waals surface area contributed by atoms with Gasteiger partial charge in [-0.3, -0.25) is 0 Å². The van der Waals surface area contributed by atoms with Gasteiger partial charge >= 0.3 is 0 Å². The smallest absolute Gasteiger partial charge is 0.0928 e. The zero-order chi connectivity index (χ0) is 12.1. The molecule has 2 rings (SSSR count). The lowest BCUT2D eigenvalue weighted by Crippen LogP contribution is -2.26. The predicted molar refractivity (Wildman–Crippen MR) is 71.2 cm³/mol. The Labute approximate surface area is 108 Å². The first-order chi connectivity index (χ1) is 8.27. The van der Waals surface area contributed by atoms with Gasteiger partial charge in [0.1, 0.15) is 0 Å². The number of halogens is 1. The molecular weight excluding hydrogens is 234 g/mol.